The Bertz CT molecular complexity index is 461. The normalized spacial score (nSPS) is 21.1. The third kappa shape index (κ3) is 5.96. The second kappa shape index (κ2) is 9.69. The molecule has 0 aliphatic heterocycles. The van der Waals surface area contributed by atoms with Gasteiger partial charge in [0.1, 0.15) is 5.75 Å². The Hall–Kier alpha value is -1.38. The lowest BCUT2D eigenvalue weighted by atomic mass is 9.80. The summed E-state index contributed by atoms with van der Waals surface area (Å²) in [7, 11) is 0. The number of carbonyl (C=O) groups is 1. The molecule has 1 saturated carbocycles. The number of pyridine rings is 1. The van der Waals surface area contributed by atoms with Gasteiger partial charge in [-0.15, -0.1) is 0 Å². The van der Waals surface area contributed by atoms with Crippen LogP contribution in [0.3, 0.4) is 0 Å². The molecule has 0 unspecified atom stereocenters. The van der Waals surface area contributed by atoms with Crippen LogP contribution in [0, 0.1) is 11.8 Å². The van der Waals surface area contributed by atoms with Crippen molar-refractivity contribution in [2.75, 3.05) is 0 Å². The summed E-state index contributed by atoms with van der Waals surface area (Å²) in [6.07, 6.45) is 13.2. The molecule has 0 N–H and O–H groups in total. The Morgan fingerprint density at radius 2 is 1.87 bits per heavy atom. The summed E-state index contributed by atoms with van der Waals surface area (Å²) in [5.41, 5.74) is 1.07. The fourth-order valence-corrected chi connectivity index (χ4v) is 3.36. The predicted octanol–water partition coefficient (Wildman–Crippen LogP) is 5.33. The fourth-order valence-electron chi connectivity index (χ4n) is 3.36. The highest BCUT2D eigenvalue weighted by molar-refractivity contribution is 5.75. The van der Waals surface area contributed by atoms with Gasteiger partial charge in [0.15, 0.2) is 0 Å². The summed E-state index contributed by atoms with van der Waals surface area (Å²) in [6.45, 7) is 4.41. The fraction of sp³-hybridized carbons (Fsp3) is 0.700. The van der Waals surface area contributed by atoms with Gasteiger partial charge in [-0.25, -0.2) is 0 Å². The molecular formula is C20H31NO2. The lowest BCUT2D eigenvalue weighted by Crippen LogP contribution is -2.25. The minimum atomic E-state index is -0.0675. The quantitative estimate of drug-likeness (QED) is 0.609. The molecule has 0 atom stereocenters. The monoisotopic (exact) mass is 317 g/mol. The Balaban J connectivity index is 1.76. The predicted molar refractivity (Wildman–Crippen MR) is 93.5 cm³/mol. The molecule has 1 aromatic rings. The number of hydrogen-bond acceptors (Lipinski definition) is 3. The molecule has 0 spiro atoms. The summed E-state index contributed by atoms with van der Waals surface area (Å²) in [6, 6.07) is 3.85. The van der Waals surface area contributed by atoms with Gasteiger partial charge < -0.3 is 4.74 Å². The molecular weight excluding hydrogens is 286 g/mol. The molecule has 0 amide bonds. The molecule has 3 nitrogen and oxygen atoms in total. The van der Waals surface area contributed by atoms with Gasteiger partial charge in [-0.2, -0.15) is 0 Å². The highest BCUT2D eigenvalue weighted by Crippen LogP contribution is 2.32. The first-order chi connectivity index (χ1) is 11.2. The van der Waals surface area contributed by atoms with Gasteiger partial charge in [-0.3, -0.25) is 9.78 Å². The highest BCUT2D eigenvalue weighted by atomic mass is 16.5. The Labute approximate surface area is 140 Å². The van der Waals surface area contributed by atoms with E-state index in [9.17, 15) is 4.79 Å². The Morgan fingerprint density at radius 3 is 2.48 bits per heavy atom. The second-order valence-corrected chi connectivity index (χ2v) is 6.87. The van der Waals surface area contributed by atoms with Crippen molar-refractivity contribution < 1.29 is 9.53 Å². The van der Waals surface area contributed by atoms with Crippen molar-refractivity contribution in [1.29, 1.82) is 0 Å². The van der Waals surface area contributed by atoms with Crippen LogP contribution < -0.4 is 4.74 Å². The van der Waals surface area contributed by atoms with E-state index in [0.29, 0.717) is 5.75 Å². The maximum absolute atomic E-state index is 12.3. The van der Waals surface area contributed by atoms with Crippen LogP contribution in [0.15, 0.2) is 18.3 Å². The first kappa shape index (κ1) is 18.0. The average molecular weight is 317 g/mol. The standard InChI is InChI=1S/C20H31NO2/c1-3-5-7-16-9-11-17(12-10-16)20(22)23-19-14-13-18(21-15-19)8-6-4-2/h13-17H,3-12H2,1-2H3/t16-,17-. The van der Waals surface area contributed by atoms with Crippen LogP contribution in [0.25, 0.3) is 0 Å². The van der Waals surface area contributed by atoms with Crippen LogP contribution in [0.5, 0.6) is 5.75 Å². The first-order valence-corrected chi connectivity index (χ1v) is 9.39. The van der Waals surface area contributed by atoms with Gasteiger partial charge in [-0.05, 0) is 56.6 Å². The lowest BCUT2D eigenvalue weighted by molar-refractivity contribution is -0.140. The smallest absolute Gasteiger partial charge is 0.314 e. The molecule has 0 aromatic carbocycles. The van der Waals surface area contributed by atoms with E-state index in [1.165, 1.54) is 38.5 Å². The molecule has 1 fully saturated rings. The highest BCUT2D eigenvalue weighted by Gasteiger charge is 2.27. The lowest BCUT2D eigenvalue weighted by Gasteiger charge is -2.27. The Kier molecular flexibility index (Phi) is 7.57. The minimum absolute atomic E-state index is 0.0675. The van der Waals surface area contributed by atoms with Gasteiger partial charge in [-0.1, -0.05) is 39.5 Å². The molecule has 1 aromatic heterocycles. The van der Waals surface area contributed by atoms with Crippen LogP contribution >= 0.6 is 0 Å². The molecule has 1 aliphatic rings. The summed E-state index contributed by atoms with van der Waals surface area (Å²) >= 11 is 0. The topological polar surface area (TPSA) is 39.2 Å². The van der Waals surface area contributed by atoms with Crippen molar-refractivity contribution >= 4 is 5.97 Å². The van der Waals surface area contributed by atoms with Crippen molar-refractivity contribution in [3.8, 4) is 5.75 Å². The van der Waals surface area contributed by atoms with Crippen LogP contribution in [0.1, 0.15) is 77.3 Å². The van der Waals surface area contributed by atoms with E-state index >= 15 is 0 Å². The number of hydrogen-bond donors (Lipinski definition) is 0. The molecule has 0 bridgehead atoms. The van der Waals surface area contributed by atoms with Crippen molar-refractivity contribution in [3.63, 3.8) is 0 Å². The minimum Gasteiger partial charge on any atom is -0.425 e. The van der Waals surface area contributed by atoms with E-state index < -0.39 is 0 Å². The van der Waals surface area contributed by atoms with E-state index in [0.717, 1.165) is 37.3 Å². The van der Waals surface area contributed by atoms with Crippen LogP contribution in [-0.4, -0.2) is 11.0 Å². The third-order valence-corrected chi connectivity index (χ3v) is 4.95. The number of nitrogens with zero attached hydrogens (tertiary/aromatic N) is 1. The molecule has 2 rings (SSSR count). The SMILES string of the molecule is CCCCc1ccc(OC(=O)[C@H]2CC[C@H](CCCC)CC2)cn1. The average Bonchev–Trinajstić information content (AvgIpc) is 2.59. The van der Waals surface area contributed by atoms with Crippen molar-refractivity contribution in [2.24, 2.45) is 11.8 Å². The zero-order chi connectivity index (χ0) is 16.5. The van der Waals surface area contributed by atoms with E-state index in [-0.39, 0.29) is 11.9 Å². The third-order valence-electron chi connectivity index (χ3n) is 4.95. The zero-order valence-electron chi connectivity index (χ0n) is 14.7. The van der Waals surface area contributed by atoms with E-state index in [2.05, 4.69) is 18.8 Å². The van der Waals surface area contributed by atoms with Crippen molar-refractivity contribution in [3.05, 3.63) is 24.0 Å². The molecule has 0 radical (unpaired) electrons. The molecule has 0 saturated heterocycles. The van der Waals surface area contributed by atoms with Crippen molar-refractivity contribution in [1.82, 2.24) is 4.98 Å². The van der Waals surface area contributed by atoms with E-state index in [4.69, 9.17) is 4.74 Å². The number of unbranched alkanes of at least 4 members (excludes halogenated alkanes) is 2. The molecule has 3 heteroatoms. The van der Waals surface area contributed by atoms with Crippen LogP contribution in [-0.2, 0) is 11.2 Å². The largest absolute Gasteiger partial charge is 0.425 e. The van der Waals surface area contributed by atoms with Gasteiger partial charge in [0.25, 0.3) is 0 Å². The maximum atomic E-state index is 12.3. The van der Waals surface area contributed by atoms with E-state index in [1.54, 1.807) is 6.20 Å². The van der Waals surface area contributed by atoms with E-state index in [1.807, 2.05) is 12.1 Å². The summed E-state index contributed by atoms with van der Waals surface area (Å²) in [4.78, 5) is 16.7. The molecule has 1 heterocycles. The summed E-state index contributed by atoms with van der Waals surface area (Å²) < 4.78 is 5.53. The van der Waals surface area contributed by atoms with Gasteiger partial charge in [0.05, 0.1) is 12.1 Å². The molecule has 128 valence electrons. The zero-order valence-corrected chi connectivity index (χ0v) is 14.7. The number of aryl methyl sites for hydroxylation is 1. The first-order valence-electron chi connectivity index (χ1n) is 9.39. The van der Waals surface area contributed by atoms with Gasteiger partial charge in [0.2, 0.25) is 0 Å². The van der Waals surface area contributed by atoms with Gasteiger partial charge in [0, 0.05) is 5.69 Å². The molecule has 1 aliphatic carbocycles. The maximum Gasteiger partial charge on any atom is 0.314 e. The van der Waals surface area contributed by atoms with Crippen LogP contribution in [0.4, 0.5) is 0 Å². The second-order valence-electron chi connectivity index (χ2n) is 6.87. The number of esters is 1. The number of rotatable bonds is 8. The molecule has 23 heavy (non-hydrogen) atoms. The van der Waals surface area contributed by atoms with Crippen LogP contribution in [0.2, 0.25) is 0 Å². The number of ether oxygens (including phenoxy) is 1. The summed E-state index contributed by atoms with van der Waals surface area (Å²) in [5.74, 6) is 1.41. The van der Waals surface area contributed by atoms with Crippen molar-refractivity contribution in [2.45, 2.75) is 78.1 Å². The summed E-state index contributed by atoms with van der Waals surface area (Å²) in [5, 5.41) is 0. The Morgan fingerprint density at radius 1 is 1.13 bits per heavy atom. The number of aromatic nitrogens is 1. The van der Waals surface area contributed by atoms with Gasteiger partial charge >= 0.3 is 5.97 Å². The number of carbonyl (C=O) groups excluding carboxylic acids is 1.